The molecule has 1 heterocycles. The molecule has 1 aromatic carbocycles. The Hall–Kier alpha value is -1.19. The van der Waals surface area contributed by atoms with Gasteiger partial charge in [-0.3, -0.25) is 4.98 Å². The van der Waals surface area contributed by atoms with Gasteiger partial charge in [0.05, 0.1) is 0 Å². The molecule has 1 atom stereocenters. The molecule has 3 heteroatoms. The van der Waals surface area contributed by atoms with Gasteiger partial charge in [0.2, 0.25) is 0 Å². The highest BCUT2D eigenvalue weighted by molar-refractivity contribution is 9.10. The minimum atomic E-state index is 0.340. The van der Waals surface area contributed by atoms with E-state index in [4.69, 9.17) is 0 Å². The van der Waals surface area contributed by atoms with Crippen molar-refractivity contribution in [1.82, 2.24) is 10.3 Å². The Kier molecular flexibility index (Phi) is 4.90. The summed E-state index contributed by atoms with van der Waals surface area (Å²) in [7, 11) is 0. The van der Waals surface area contributed by atoms with Gasteiger partial charge in [-0.15, -0.1) is 0 Å². The molecule has 0 aliphatic heterocycles. The normalized spacial score (nSPS) is 12.3. The molecule has 18 heavy (non-hydrogen) atoms. The highest BCUT2D eigenvalue weighted by atomic mass is 79.9. The number of rotatable bonds is 5. The second-order valence-corrected chi connectivity index (χ2v) is 5.15. The van der Waals surface area contributed by atoms with Crippen molar-refractivity contribution in [2.24, 2.45) is 0 Å². The molecule has 0 fully saturated rings. The second-order valence-electron chi connectivity index (χ2n) is 4.24. The van der Waals surface area contributed by atoms with Crippen LogP contribution in [0.1, 0.15) is 24.1 Å². The second kappa shape index (κ2) is 6.66. The zero-order chi connectivity index (χ0) is 12.8. The average Bonchev–Trinajstić information content (AvgIpc) is 2.39. The first kappa shape index (κ1) is 13.2. The van der Waals surface area contributed by atoms with Gasteiger partial charge in [-0.05, 0) is 46.1 Å². The van der Waals surface area contributed by atoms with Gasteiger partial charge in [0.15, 0.2) is 0 Å². The van der Waals surface area contributed by atoms with Crippen molar-refractivity contribution in [2.75, 3.05) is 6.54 Å². The van der Waals surface area contributed by atoms with E-state index in [0.717, 1.165) is 17.4 Å². The van der Waals surface area contributed by atoms with Gasteiger partial charge in [0, 0.05) is 22.9 Å². The van der Waals surface area contributed by atoms with Crippen molar-refractivity contribution in [3.63, 3.8) is 0 Å². The van der Waals surface area contributed by atoms with Crippen LogP contribution in [0, 0.1) is 0 Å². The lowest BCUT2D eigenvalue weighted by atomic mass is 10.00. The summed E-state index contributed by atoms with van der Waals surface area (Å²) >= 11 is 3.46. The summed E-state index contributed by atoms with van der Waals surface area (Å²) in [5, 5.41) is 3.52. The summed E-state index contributed by atoms with van der Waals surface area (Å²) in [5.41, 5.74) is 2.55. The molecule has 0 spiro atoms. The molecule has 2 nitrogen and oxygen atoms in total. The molecule has 0 saturated carbocycles. The van der Waals surface area contributed by atoms with Crippen LogP contribution < -0.4 is 5.32 Å². The molecule has 0 bridgehead atoms. The molecule has 0 saturated heterocycles. The molecule has 1 N–H and O–H groups in total. The van der Waals surface area contributed by atoms with Crippen LogP contribution in [0.15, 0.2) is 53.3 Å². The lowest BCUT2D eigenvalue weighted by Gasteiger charge is -2.18. The van der Waals surface area contributed by atoms with Crippen LogP contribution in [0.25, 0.3) is 0 Å². The van der Waals surface area contributed by atoms with Crippen molar-refractivity contribution in [2.45, 2.75) is 19.4 Å². The maximum atomic E-state index is 4.22. The van der Waals surface area contributed by atoms with Crippen LogP contribution in [-0.2, 0) is 6.42 Å². The maximum absolute atomic E-state index is 4.22. The van der Waals surface area contributed by atoms with Crippen LogP contribution in [0.3, 0.4) is 0 Å². The fourth-order valence-electron chi connectivity index (χ4n) is 2.04. The number of hydrogen-bond acceptors (Lipinski definition) is 2. The number of pyridine rings is 1. The van der Waals surface area contributed by atoms with Crippen LogP contribution in [0.4, 0.5) is 0 Å². The summed E-state index contributed by atoms with van der Waals surface area (Å²) in [6.07, 6.45) is 4.69. The first-order chi connectivity index (χ1) is 8.79. The number of nitrogens with one attached hydrogen (secondary N) is 1. The molecule has 0 amide bonds. The predicted octanol–water partition coefficient (Wildman–Crippen LogP) is 3.74. The highest BCUT2D eigenvalue weighted by Crippen LogP contribution is 2.19. The topological polar surface area (TPSA) is 24.9 Å². The first-order valence-corrected chi connectivity index (χ1v) is 6.96. The third kappa shape index (κ3) is 3.65. The van der Waals surface area contributed by atoms with Gasteiger partial charge >= 0.3 is 0 Å². The lowest BCUT2D eigenvalue weighted by Crippen LogP contribution is -2.22. The van der Waals surface area contributed by atoms with E-state index in [1.54, 1.807) is 0 Å². The van der Waals surface area contributed by atoms with E-state index in [-0.39, 0.29) is 0 Å². The summed E-state index contributed by atoms with van der Waals surface area (Å²) < 4.78 is 1.03. The smallest absolute Gasteiger partial charge is 0.0410 e. The van der Waals surface area contributed by atoms with Crippen molar-refractivity contribution in [3.8, 4) is 0 Å². The molecular formula is C15H17BrN2. The highest BCUT2D eigenvalue weighted by Gasteiger charge is 2.10. The van der Waals surface area contributed by atoms with E-state index in [9.17, 15) is 0 Å². The standard InChI is InChI=1S/C15H17BrN2/c1-2-18-15(13-6-4-3-5-7-13)9-12-8-14(16)11-17-10-12/h3-8,10-11,15,18H,2,9H2,1H3. The fourth-order valence-corrected chi connectivity index (χ4v) is 2.46. The van der Waals surface area contributed by atoms with Crippen LogP contribution >= 0.6 is 15.9 Å². The van der Waals surface area contributed by atoms with Gasteiger partial charge < -0.3 is 5.32 Å². The van der Waals surface area contributed by atoms with Crippen LogP contribution in [0.5, 0.6) is 0 Å². The minimum Gasteiger partial charge on any atom is -0.310 e. The molecule has 0 radical (unpaired) electrons. The van der Waals surface area contributed by atoms with E-state index in [0.29, 0.717) is 6.04 Å². The van der Waals surface area contributed by atoms with E-state index < -0.39 is 0 Å². The number of aromatic nitrogens is 1. The molecule has 2 aromatic rings. The summed E-state index contributed by atoms with van der Waals surface area (Å²) in [6, 6.07) is 13.0. The van der Waals surface area contributed by atoms with Gasteiger partial charge in [-0.2, -0.15) is 0 Å². The monoisotopic (exact) mass is 304 g/mol. The molecule has 1 unspecified atom stereocenters. The quantitative estimate of drug-likeness (QED) is 0.910. The van der Waals surface area contributed by atoms with Crippen molar-refractivity contribution in [3.05, 3.63) is 64.4 Å². The Morgan fingerprint density at radius 2 is 2.00 bits per heavy atom. The van der Waals surface area contributed by atoms with Gasteiger partial charge in [-0.1, -0.05) is 37.3 Å². The first-order valence-electron chi connectivity index (χ1n) is 6.17. The molecule has 94 valence electrons. The Morgan fingerprint density at radius 3 is 2.67 bits per heavy atom. The summed E-state index contributed by atoms with van der Waals surface area (Å²) in [5.74, 6) is 0. The van der Waals surface area contributed by atoms with E-state index in [2.05, 4.69) is 63.5 Å². The van der Waals surface area contributed by atoms with E-state index in [1.165, 1.54) is 11.1 Å². The lowest BCUT2D eigenvalue weighted by molar-refractivity contribution is 0.549. The molecule has 0 aliphatic rings. The minimum absolute atomic E-state index is 0.340. The van der Waals surface area contributed by atoms with Crippen molar-refractivity contribution >= 4 is 15.9 Å². The number of hydrogen-bond donors (Lipinski definition) is 1. The largest absolute Gasteiger partial charge is 0.310 e. The van der Waals surface area contributed by atoms with Crippen molar-refractivity contribution in [1.29, 1.82) is 0 Å². The third-order valence-electron chi connectivity index (χ3n) is 2.85. The molecule has 2 rings (SSSR count). The molecule has 1 aromatic heterocycles. The third-order valence-corrected chi connectivity index (χ3v) is 3.29. The van der Waals surface area contributed by atoms with Gasteiger partial charge in [0.1, 0.15) is 0 Å². The SMILES string of the molecule is CCNC(Cc1cncc(Br)c1)c1ccccc1. The zero-order valence-corrected chi connectivity index (χ0v) is 12.0. The van der Waals surface area contributed by atoms with Crippen molar-refractivity contribution < 1.29 is 0 Å². The van der Waals surface area contributed by atoms with Crippen LogP contribution in [0.2, 0.25) is 0 Å². The number of nitrogens with zero attached hydrogens (tertiary/aromatic N) is 1. The van der Waals surface area contributed by atoms with E-state index in [1.807, 2.05) is 18.5 Å². The Labute approximate surface area is 117 Å². The molecular weight excluding hydrogens is 288 g/mol. The Bertz CT molecular complexity index is 485. The summed E-state index contributed by atoms with van der Waals surface area (Å²) in [4.78, 5) is 4.22. The molecule has 0 aliphatic carbocycles. The maximum Gasteiger partial charge on any atom is 0.0410 e. The van der Waals surface area contributed by atoms with E-state index >= 15 is 0 Å². The number of likely N-dealkylation sites (N-methyl/N-ethyl adjacent to an activating group) is 1. The Balaban J connectivity index is 2.16. The van der Waals surface area contributed by atoms with Crippen LogP contribution in [-0.4, -0.2) is 11.5 Å². The number of halogens is 1. The predicted molar refractivity (Wildman–Crippen MR) is 78.5 cm³/mol. The Morgan fingerprint density at radius 1 is 1.22 bits per heavy atom. The summed E-state index contributed by atoms with van der Waals surface area (Å²) in [6.45, 7) is 3.09. The average molecular weight is 305 g/mol. The zero-order valence-electron chi connectivity index (χ0n) is 10.4. The van der Waals surface area contributed by atoms with Gasteiger partial charge in [-0.25, -0.2) is 0 Å². The van der Waals surface area contributed by atoms with Gasteiger partial charge in [0.25, 0.3) is 0 Å². The fraction of sp³-hybridized carbons (Fsp3) is 0.267. The number of benzene rings is 1.